The minimum atomic E-state index is -0.464. The van der Waals surface area contributed by atoms with Crippen molar-refractivity contribution in [3.63, 3.8) is 0 Å². The molecule has 0 saturated carbocycles. The summed E-state index contributed by atoms with van der Waals surface area (Å²) >= 11 is 4.24. The van der Waals surface area contributed by atoms with Crippen molar-refractivity contribution in [2.45, 2.75) is 6.29 Å². The first kappa shape index (κ1) is 10.0. The van der Waals surface area contributed by atoms with Crippen molar-refractivity contribution in [3.8, 4) is 0 Å². The Morgan fingerprint density at radius 3 is 2.71 bits per heavy atom. The van der Waals surface area contributed by atoms with E-state index in [4.69, 9.17) is 9.47 Å². The zero-order valence-corrected chi connectivity index (χ0v) is 9.34. The van der Waals surface area contributed by atoms with Crippen LogP contribution in [0.4, 0.5) is 5.00 Å². The van der Waals surface area contributed by atoms with E-state index in [-0.39, 0.29) is 5.00 Å². The Labute approximate surface area is 91.9 Å². The fraction of sp³-hybridized carbons (Fsp3) is 0.429. The summed E-state index contributed by atoms with van der Waals surface area (Å²) in [6, 6.07) is 0. The summed E-state index contributed by atoms with van der Waals surface area (Å²) in [6.45, 7) is 1.06. The maximum absolute atomic E-state index is 10.6. The van der Waals surface area contributed by atoms with Gasteiger partial charge in [0, 0.05) is 10.9 Å². The average Bonchev–Trinajstić information content (AvgIpc) is 2.71. The first-order valence-corrected chi connectivity index (χ1v) is 5.52. The Kier molecular flexibility index (Phi) is 2.82. The lowest BCUT2D eigenvalue weighted by Crippen LogP contribution is -1.97. The second-order valence-corrected chi connectivity index (χ2v) is 4.29. The van der Waals surface area contributed by atoms with Crippen molar-refractivity contribution in [1.82, 2.24) is 0 Å². The Bertz CT molecular complexity index is 361. The highest BCUT2D eigenvalue weighted by molar-refractivity contribution is 9.10. The molecule has 1 fully saturated rings. The molecule has 0 atom stereocenters. The highest BCUT2D eigenvalue weighted by Crippen LogP contribution is 2.40. The molecule has 1 saturated heterocycles. The number of nitro groups is 1. The predicted molar refractivity (Wildman–Crippen MR) is 53.3 cm³/mol. The van der Waals surface area contributed by atoms with Crippen LogP contribution in [0, 0.1) is 10.1 Å². The van der Waals surface area contributed by atoms with E-state index < -0.39 is 11.2 Å². The van der Waals surface area contributed by atoms with Gasteiger partial charge in [-0.25, -0.2) is 0 Å². The number of ether oxygens (including phenoxy) is 2. The standard InChI is InChI=1S/C7H6BrNO4S/c8-5-4(7-12-1-2-13-7)3-14-6(5)9(10)11/h3,7H,1-2H2. The molecule has 1 aliphatic heterocycles. The second-order valence-electron chi connectivity index (χ2n) is 2.64. The molecule has 0 radical (unpaired) electrons. The molecule has 5 nitrogen and oxygen atoms in total. The molecule has 76 valence electrons. The first-order chi connectivity index (χ1) is 6.70. The van der Waals surface area contributed by atoms with Gasteiger partial charge in [-0.05, 0) is 15.9 Å². The summed E-state index contributed by atoms with van der Waals surface area (Å²) in [7, 11) is 0. The summed E-state index contributed by atoms with van der Waals surface area (Å²) in [6.07, 6.45) is -0.464. The summed E-state index contributed by atoms with van der Waals surface area (Å²) in [5.41, 5.74) is 0.694. The van der Waals surface area contributed by atoms with Gasteiger partial charge in [-0.1, -0.05) is 11.3 Å². The summed E-state index contributed by atoms with van der Waals surface area (Å²) < 4.78 is 10.9. The smallest absolute Gasteiger partial charge is 0.338 e. The topological polar surface area (TPSA) is 61.6 Å². The van der Waals surface area contributed by atoms with Crippen LogP contribution in [0.25, 0.3) is 0 Å². The van der Waals surface area contributed by atoms with Crippen molar-refractivity contribution >= 4 is 32.3 Å². The van der Waals surface area contributed by atoms with Crippen LogP contribution < -0.4 is 0 Å². The maximum atomic E-state index is 10.6. The number of hydrogen-bond acceptors (Lipinski definition) is 5. The number of halogens is 1. The summed E-state index contributed by atoms with van der Waals surface area (Å²) in [5, 5.41) is 12.3. The van der Waals surface area contributed by atoms with Gasteiger partial charge in [0.2, 0.25) is 0 Å². The Balaban J connectivity index is 2.30. The Morgan fingerprint density at radius 1 is 1.57 bits per heavy atom. The lowest BCUT2D eigenvalue weighted by atomic mass is 10.3. The molecular formula is C7H6BrNO4S. The van der Waals surface area contributed by atoms with Crippen LogP contribution in [0.15, 0.2) is 9.85 Å². The van der Waals surface area contributed by atoms with E-state index in [0.29, 0.717) is 23.2 Å². The van der Waals surface area contributed by atoms with Crippen LogP contribution in [-0.4, -0.2) is 18.1 Å². The molecule has 0 spiro atoms. The molecular weight excluding hydrogens is 274 g/mol. The lowest BCUT2D eigenvalue weighted by Gasteiger charge is -2.06. The third kappa shape index (κ3) is 1.68. The highest BCUT2D eigenvalue weighted by atomic mass is 79.9. The van der Waals surface area contributed by atoms with Crippen LogP contribution in [0.2, 0.25) is 0 Å². The van der Waals surface area contributed by atoms with Gasteiger partial charge in [-0.2, -0.15) is 0 Å². The normalized spacial score (nSPS) is 17.5. The molecule has 1 aromatic heterocycles. The fourth-order valence-corrected chi connectivity index (χ4v) is 2.82. The first-order valence-electron chi connectivity index (χ1n) is 3.84. The van der Waals surface area contributed by atoms with Gasteiger partial charge in [0.25, 0.3) is 0 Å². The molecule has 0 aromatic carbocycles. The molecule has 0 N–H and O–H groups in total. The SMILES string of the molecule is O=[N+]([O-])c1scc(C2OCCO2)c1Br. The van der Waals surface area contributed by atoms with Gasteiger partial charge in [-0.3, -0.25) is 10.1 Å². The zero-order valence-electron chi connectivity index (χ0n) is 6.94. The van der Waals surface area contributed by atoms with Crippen LogP contribution >= 0.6 is 27.3 Å². The van der Waals surface area contributed by atoms with Gasteiger partial charge in [-0.15, -0.1) is 0 Å². The molecule has 0 amide bonds. The largest absolute Gasteiger partial charge is 0.346 e. The van der Waals surface area contributed by atoms with Crippen LogP contribution in [-0.2, 0) is 9.47 Å². The molecule has 7 heteroatoms. The van der Waals surface area contributed by atoms with Gasteiger partial charge >= 0.3 is 5.00 Å². The van der Waals surface area contributed by atoms with E-state index in [9.17, 15) is 10.1 Å². The van der Waals surface area contributed by atoms with E-state index in [1.165, 1.54) is 0 Å². The number of thiophene rings is 1. The molecule has 0 bridgehead atoms. The highest BCUT2D eigenvalue weighted by Gasteiger charge is 2.27. The molecule has 2 rings (SSSR count). The van der Waals surface area contributed by atoms with Gasteiger partial charge in [0.05, 0.1) is 18.1 Å². The van der Waals surface area contributed by atoms with Crippen molar-refractivity contribution < 1.29 is 14.4 Å². The second kappa shape index (κ2) is 3.93. The van der Waals surface area contributed by atoms with E-state index in [2.05, 4.69) is 15.9 Å². The number of nitrogens with zero attached hydrogens (tertiary/aromatic N) is 1. The quantitative estimate of drug-likeness (QED) is 0.616. The Morgan fingerprint density at radius 2 is 2.21 bits per heavy atom. The number of rotatable bonds is 2. The Hall–Kier alpha value is -0.500. The van der Waals surface area contributed by atoms with Gasteiger partial charge in [0.15, 0.2) is 6.29 Å². The van der Waals surface area contributed by atoms with E-state index in [1.807, 2.05) is 0 Å². The van der Waals surface area contributed by atoms with Crippen LogP contribution in [0.3, 0.4) is 0 Å². The summed E-state index contributed by atoms with van der Waals surface area (Å²) in [4.78, 5) is 10.1. The van der Waals surface area contributed by atoms with Crippen molar-refractivity contribution in [2.75, 3.05) is 13.2 Å². The molecule has 14 heavy (non-hydrogen) atoms. The average molecular weight is 280 g/mol. The monoisotopic (exact) mass is 279 g/mol. The molecule has 0 unspecified atom stereocenters. The third-order valence-corrected chi connectivity index (χ3v) is 3.82. The van der Waals surface area contributed by atoms with Crippen molar-refractivity contribution in [2.24, 2.45) is 0 Å². The van der Waals surface area contributed by atoms with Crippen molar-refractivity contribution in [3.05, 3.63) is 25.5 Å². The van der Waals surface area contributed by atoms with E-state index >= 15 is 0 Å². The zero-order chi connectivity index (χ0) is 10.1. The molecule has 1 aliphatic rings. The third-order valence-electron chi connectivity index (χ3n) is 1.78. The number of hydrogen-bond donors (Lipinski definition) is 0. The van der Waals surface area contributed by atoms with Gasteiger partial charge in [0.1, 0.15) is 4.47 Å². The van der Waals surface area contributed by atoms with Crippen LogP contribution in [0.1, 0.15) is 11.9 Å². The molecule has 1 aromatic rings. The van der Waals surface area contributed by atoms with E-state index in [0.717, 1.165) is 11.3 Å². The minimum Gasteiger partial charge on any atom is -0.346 e. The maximum Gasteiger partial charge on any atom is 0.338 e. The van der Waals surface area contributed by atoms with Gasteiger partial charge < -0.3 is 9.47 Å². The van der Waals surface area contributed by atoms with Crippen LogP contribution in [0.5, 0.6) is 0 Å². The molecule has 2 heterocycles. The molecule has 0 aliphatic carbocycles. The fourth-order valence-electron chi connectivity index (χ4n) is 1.17. The predicted octanol–water partition coefficient (Wildman–Crippen LogP) is 2.46. The van der Waals surface area contributed by atoms with E-state index in [1.54, 1.807) is 5.38 Å². The minimum absolute atomic E-state index is 0.0825. The summed E-state index contributed by atoms with van der Waals surface area (Å²) in [5.74, 6) is 0. The van der Waals surface area contributed by atoms with Crippen molar-refractivity contribution in [1.29, 1.82) is 0 Å². The lowest BCUT2D eigenvalue weighted by molar-refractivity contribution is -0.381.